The van der Waals surface area contributed by atoms with Crippen LogP contribution in [0, 0.1) is 0 Å². The minimum atomic E-state index is 0.329. The lowest BCUT2D eigenvalue weighted by molar-refractivity contribution is 0.543. The lowest BCUT2D eigenvalue weighted by atomic mass is 10.0. The van der Waals surface area contributed by atoms with Gasteiger partial charge < -0.3 is 5.73 Å². The normalized spacial score (nSPS) is 12.6. The molecule has 0 saturated heterocycles. The van der Waals surface area contributed by atoms with Crippen molar-refractivity contribution in [2.24, 2.45) is 0 Å². The van der Waals surface area contributed by atoms with E-state index in [1.54, 1.807) is 11.0 Å². The quantitative estimate of drug-likeness (QED) is 0.823. The Morgan fingerprint density at radius 1 is 1.33 bits per heavy atom. The second kappa shape index (κ2) is 4.13. The van der Waals surface area contributed by atoms with Gasteiger partial charge in [0, 0.05) is 12.5 Å². The van der Waals surface area contributed by atoms with Crippen LogP contribution in [0.15, 0.2) is 36.7 Å². The number of nitrogen functional groups attached to an aromatic ring is 1. The first-order valence-electron chi connectivity index (χ1n) is 4.95. The van der Waals surface area contributed by atoms with Crippen molar-refractivity contribution in [2.45, 2.75) is 19.4 Å². The molecule has 2 rings (SSSR count). The van der Waals surface area contributed by atoms with E-state index < -0.39 is 0 Å². The fourth-order valence-electron chi connectivity index (χ4n) is 1.56. The third kappa shape index (κ3) is 2.34. The predicted octanol–water partition coefficient (Wildman–Crippen LogP) is 1.66. The summed E-state index contributed by atoms with van der Waals surface area (Å²) in [6, 6.07) is 10.3. The number of rotatable bonds is 3. The van der Waals surface area contributed by atoms with Gasteiger partial charge in [-0.3, -0.25) is 4.68 Å². The Bertz CT molecular complexity index is 421. The summed E-state index contributed by atoms with van der Waals surface area (Å²) in [6.45, 7) is 2.96. The van der Waals surface area contributed by atoms with Gasteiger partial charge in [-0.25, -0.2) is 4.98 Å². The molecule has 4 nitrogen and oxygen atoms in total. The topological polar surface area (TPSA) is 56.7 Å². The number of hydrogen-bond acceptors (Lipinski definition) is 3. The molecule has 78 valence electrons. The molecule has 0 spiro atoms. The Morgan fingerprint density at radius 3 is 2.67 bits per heavy atom. The highest BCUT2D eigenvalue weighted by atomic mass is 15.4. The summed E-state index contributed by atoms with van der Waals surface area (Å²) in [7, 11) is 0. The molecule has 1 aromatic carbocycles. The molecule has 0 aliphatic heterocycles. The highest BCUT2D eigenvalue weighted by Crippen LogP contribution is 2.16. The Balaban J connectivity index is 2.07. The second-order valence-corrected chi connectivity index (χ2v) is 3.64. The van der Waals surface area contributed by atoms with Crippen molar-refractivity contribution in [3.8, 4) is 0 Å². The highest BCUT2D eigenvalue weighted by molar-refractivity contribution is 5.18. The molecule has 0 fully saturated rings. The van der Waals surface area contributed by atoms with Crippen LogP contribution in [0.2, 0.25) is 0 Å². The summed E-state index contributed by atoms with van der Waals surface area (Å²) in [6.07, 6.45) is 1.66. The molecule has 0 aliphatic rings. The molecule has 1 heterocycles. The molecular formula is C11H14N4. The van der Waals surface area contributed by atoms with E-state index in [0.29, 0.717) is 11.9 Å². The molecule has 1 atom stereocenters. The van der Waals surface area contributed by atoms with Gasteiger partial charge in [-0.2, -0.15) is 0 Å². The van der Waals surface area contributed by atoms with E-state index in [0.717, 1.165) is 6.54 Å². The van der Waals surface area contributed by atoms with Crippen molar-refractivity contribution in [1.29, 1.82) is 0 Å². The fourth-order valence-corrected chi connectivity index (χ4v) is 1.56. The Morgan fingerprint density at radius 2 is 2.07 bits per heavy atom. The average molecular weight is 202 g/mol. The lowest BCUT2D eigenvalue weighted by Crippen LogP contribution is -2.07. The van der Waals surface area contributed by atoms with E-state index in [-0.39, 0.29) is 0 Å². The fraction of sp³-hybridized carbons (Fsp3) is 0.273. The van der Waals surface area contributed by atoms with Crippen molar-refractivity contribution in [1.82, 2.24) is 14.8 Å². The van der Waals surface area contributed by atoms with Gasteiger partial charge in [0.2, 0.25) is 5.95 Å². The molecule has 1 unspecified atom stereocenters. The van der Waals surface area contributed by atoms with Crippen molar-refractivity contribution in [3.63, 3.8) is 0 Å². The van der Waals surface area contributed by atoms with Gasteiger partial charge in [-0.05, 0) is 5.56 Å². The first-order chi connectivity index (χ1) is 7.25. The first-order valence-corrected chi connectivity index (χ1v) is 4.95. The summed E-state index contributed by atoms with van der Waals surface area (Å²) in [5.41, 5.74) is 6.75. The molecule has 2 N–H and O–H groups in total. The lowest BCUT2D eigenvalue weighted by Gasteiger charge is -2.10. The summed E-state index contributed by atoms with van der Waals surface area (Å²) < 4.78 is 1.77. The van der Waals surface area contributed by atoms with E-state index in [4.69, 9.17) is 5.73 Å². The number of benzene rings is 1. The maximum absolute atomic E-state index is 5.45. The molecule has 0 bridgehead atoms. The monoisotopic (exact) mass is 202 g/mol. The standard InChI is InChI=1S/C11H14N4/c1-9(10-5-3-2-4-6-10)7-15-8-13-11(12)14-15/h2-6,8-9H,7H2,1H3,(H2,12,14). The number of aromatic nitrogens is 3. The molecule has 15 heavy (non-hydrogen) atoms. The van der Waals surface area contributed by atoms with Gasteiger partial charge in [-0.15, -0.1) is 5.10 Å². The van der Waals surface area contributed by atoms with Gasteiger partial charge in [-0.1, -0.05) is 37.3 Å². The van der Waals surface area contributed by atoms with Crippen LogP contribution in [0.1, 0.15) is 18.4 Å². The molecule has 2 aromatic rings. The average Bonchev–Trinajstić information content (AvgIpc) is 2.65. The van der Waals surface area contributed by atoms with Gasteiger partial charge in [0.1, 0.15) is 6.33 Å². The number of anilines is 1. The number of nitrogens with two attached hydrogens (primary N) is 1. The van der Waals surface area contributed by atoms with Crippen LogP contribution in [0.4, 0.5) is 5.95 Å². The smallest absolute Gasteiger partial charge is 0.239 e. The third-order valence-corrected chi connectivity index (χ3v) is 2.38. The largest absolute Gasteiger partial charge is 0.367 e. The molecule has 4 heteroatoms. The van der Waals surface area contributed by atoms with E-state index in [9.17, 15) is 0 Å². The van der Waals surface area contributed by atoms with Crippen molar-refractivity contribution in [2.75, 3.05) is 5.73 Å². The van der Waals surface area contributed by atoms with E-state index >= 15 is 0 Å². The summed E-state index contributed by atoms with van der Waals surface area (Å²) >= 11 is 0. The van der Waals surface area contributed by atoms with Crippen molar-refractivity contribution < 1.29 is 0 Å². The molecule has 0 aliphatic carbocycles. The summed E-state index contributed by atoms with van der Waals surface area (Å²) in [5, 5.41) is 4.06. The zero-order chi connectivity index (χ0) is 10.7. The third-order valence-electron chi connectivity index (χ3n) is 2.38. The summed E-state index contributed by atoms with van der Waals surface area (Å²) in [5.74, 6) is 0.738. The zero-order valence-electron chi connectivity index (χ0n) is 8.67. The maximum Gasteiger partial charge on any atom is 0.239 e. The van der Waals surface area contributed by atoms with Crippen molar-refractivity contribution in [3.05, 3.63) is 42.2 Å². The van der Waals surface area contributed by atoms with Gasteiger partial charge in [0.15, 0.2) is 0 Å². The van der Waals surface area contributed by atoms with Crippen LogP contribution in [0.25, 0.3) is 0 Å². The van der Waals surface area contributed by atoms with Gasteiger partial charge >= 0.3 is 0 Å². The molecule has 0 radical (unpaired) electrons. The Kier molecular flexibility index (Phi) is 2.67. The van der Waals surface area contributed by atoms with Crippen LogP contribution >= 0.6 is 0 Å². The van der Waals surface area contributed by atoms with E-state index in [1.807, 2.05) is 18.2 Å². The zero-order valence-corrected chi connectivity index (χ0v) is 8.67. The minimum absolute atomic E-state index is 0.329. The molecule has 0 amide bonds. The SMILES string of the molecule is CC(Cn1cnc(N)n1)c1ccccc1. The van der Waals surface area contributed by atoms with Crippen molar-refractivity contribution >= 4 is 5.95 Å². The van der Waals surface area contributed by atoms with E-state index in [1.165, 1.54) is 5.56 Å². The van der Waals surface area contributed by atoms with Crippen LogP contribution in [0.3, 0.4) is 0 Å². The van der Waals surface area contributed by atoms with Crippen LogP contribution < -0.4 is 5.73 Å². The number of hydrogen-bond donors (Lipinski definition) is 1. The Labute approximate surface area is 88.8 Å². The predicted molar refractivity (Wildman–Crippen MR) is 59.3 cm³/mol. The number of nitrogens with zero attached hydrogens (tertiary/aromatic N) is 3. The van der Waals surface area contributed by atoms with Crippen LogP contribution in [-0.4, -0.2) is 14.8 Å². The van der Waals surface area contributed by atoms with Crippen LogP contribution in [0.5, 0.6) is 0 Å². The van der Waals surface area contributed by atoms with Gasteiger partial charge in [0.25, 0.3) is 0 Å². The Hall–Kier alpha value is -1.84. The molecular weight excluding hydrogens is 188 g/mol. The molecule has 0 saturated carbocycles. The first kappa shape index (κ1) is 9.71. The summed E-state index contributed by atoms with van der Waals surface area (Å²) in [4.78, 5) is 3.89. The second-order valence-electron chi connectivity index (χ2n) is 3.64. The van der Waals surface area contributed by atoms with Gasteiger partial charge in [0.05, 0.1) is 0 Å². The minimum Gasteiger partial charge on any atom is -0.367 e. The van der Waals surface area contributed by atoms with Crippen LogP contribution in [-0.2, 0) is 6.54 Å². The van der Waals surface area contributed by atoms with E-state index in [2.05, 4.69) is 29.1 Å². The highest BCUT2D eigenvalue weighted by Gasteiger charge is 2.06. The maximum atomic E-state index is 5.45. The molecule has 1 aromatic heterocycles.